The summed E-state index contributed by atoms with van der Waals surface area (Å²) in [5.74, 6) is 1.57. The van der Waals surface area contributed by atoms with E-state index in [9.17, 15) is 4.79 Å². The average Bonchev–Trinajstić information content (AvgIpc) is 3.31. The zero-order chi connectivity index (χ0) is 17.0. The van der Waals surface area contributed by atoms with Crippen LogP contribution in [0.2, 0.25) is 0 Å². The molecule has 2 aliphatic heterocycles. The van der Waals surface area contributed by atoms with Gasteiger partial charge in [-0.3, -0.25) is 9.69 Å². The molecule has 1 amide bonds. The number of hydrogen-bond acceptors (Lipinski definition) is 6. The number of fused-ring (bicyclic) bond motifs is 2. The minimum Gasteiger partial charge on any atom is -0.454 e. The molecule has 0 bridgehead atoms. The Labute approximate surface area is 152 Å². The molecular weight excluding hydrogens is 356 g/mol. The molecule has 3 aromatic rings. The fourth-order valence-corrected chi connectivity index (χ4v) is 5.39. The van der Waals surface area contributed by atoms with Crippen molar-refractivity contribution in [3.63, 3.8) is 0 Å². The van der Waals surface area contributed by atoms with Crippen LogP contribution < -0.4 is 14.4 Å². The zero-order valence-electron chi connectivity index (χ0n) is 13.3. The Bertz CT molecular complexity index is 954. The van der Waals surface area contributed by atoms with Gasteiger partial charge in [0.15, 0.2) is 16.6 Å². The Morgan fingerprint density at radius 2 is 2.00 bits per heavy atom. The zero-order valence-corrected chi connectivity index (χ0v) is 15.0. The van der Waals surface area contributed by atoms with E-state index >= 15 is 0 Å². The van der Waals surface area contributed by atoms with Crippen LogP contribution in [-0.4, -0.2) is 22.9 Å². The number of rotatable bonds is 2. The summed E-state index contributed by atoms with van der Waals surface area (Å²) in [5, 5.41) is 0.519. The van der Waals surface area contributed by atoms with Crippen LogP contribution in [0.25, 0.3) is 10.2 Å². The molecular formula is C18H14N2O3S2. The minimum atomic E-state index is -0.113. The maximum Gasteiger partial charge on any atom is 0.242 e. The number of carbonyl (C=O) groups excluding carboxylic acids is 1. The van der Waals surface area contributed by atoms with E-state index in [4.69, 9.17) is 9.47 Å². The molecule has 2 aromatic carbocycles. The second-order valence-electron chi connectivity index (χ2n) is 5.92. The second kappa shape index (κ2) is 5.64. The molecule has 7 heteroatoms. The Morgan fingerprint density at radius 3 is 2.88 bits per heavy atom. The van der Waals surface area contributed by atoms with E-state index in [2.05, 4.69) is 4.98 Å². The standard InChI is InChI=1S/C18H14N2O3S2/c1-10-16(21)20(18-19-12-4-2-3-5-15(12)25-18)17(24-10)11-6-7-13-14(8-11)23-9-22-13/h2-8,10,17H,9H2,1H3/t10-,17+/m1/s1. The maximum absolute atomic E-state index is 12.8. The average molecular weight is 370 g/mol. The molecule has 1 aromatic heterocycles. The molecule has 5 nitrogen and oxygen atoms in total. The summed E-state index contributed by atoms with van der Waals surface area (Å²) >= 11 is 3.18. The summed E-state index contributed by atoms with van der Waals surface area (Å²) in [7, 11) is 0. The van der Waals surface area contributed by atoms with Gasteiger partial charge >= 0.3 is 0 Å². The van der Waals surface area contributed by atoms with E-state index in [1.165, 1.54) is 0 Å². The number of thiazole rings is 1. The van der Waals surface area contributed by atoms with Crippen molar-refractivity contribution in [1.29, 1.82) is 0 Å². The Hall–Kier alpha value is -2.25. The Morgan fingerprint density at radius 1 is 1.16 bits per heavy atom. The molecule has 0 spiro atoms. The summed E-state index contributed by atoms with van der Waals surface area (Å²) in [4.78, 5) is 19.3. The van der Waals surface area contributed by atoms with Crippen LogP contribution in [0.15, 0.2) is 42.5 Å². The summed E-state index contributed by atoms with van der Waals surface area (Å²) in [5.41, 5.74) is 1.94. The topological polar surface area (TPSA) is 51.7 Å². The molecule has 3 heterocycles. The first kappa shape index (κ1) is 15.0. The van der Waals surface area contributed by atoms with Gasteiger partial charge in [-0.25, -0.2) is 4.98 Å². The predicted molar refractivity (Wildman–Crippen MR) is 99.5 cm³/mol. The second-order valence-corrected chi connectivity index (χ2v) is 8.35. The quantitative estimate of drug-likeness (QED) is 0.677. The first-order valence-corrected chi connectivity index (χ1v) is 9.70. The molecule has 126 valence electrons. The van der Waals surface area contributed by atoms with Gasteiger partial charge in [-0.2, -0.15) is 0 Å². The third-order valence-corrected chi connectivity index (χ3v) is 6.71. The van der Waals surface area contributed by atoms with E-state index in [1.807, 2.05) is 54.3 Å². The van der Waals surface area contributed by atoms with E-state index in [0.29, 0.717) is 0 Å². The number of aromatic nitrogens is 1. The number of para-hydroxylation sites is 1. The van der Waals surface area contributed by atoms with Crippen LogP contribution in [0.1, 0.15) is 17.9 Å². The summed E-state index contributed by atoms with van der Waals surface area (Å²) in [6.45, 7) is 2.19. The van der Waals surface area contributed by atoms with E-state index < -0.39 is 0 Å². The highest BCUT2D eigenvalue weighted by Gasteiger charge is 2.41. The van der Waals surface area contributed by atoms with Crippen molar-refractivity contribution in [3.8, 4) is 11.5 Å². The van der Waals surface area contributed by atoms with Crippen molar-refractivity contribution in [3.05, 3.63) is 48.0 Å². The highest BCUT2D eigenvalue weighted by atomic mass is 32.2. The largest absolute Gasteiger partial charge is 0.454 e. The number of benzene rings is 2. The molecule has 1 saturated heterocycles. The normalized spacial score (nSPS) is 22.1. The molecule has 25 heavy (non-hydrogen) atoms. The molecule has 2 atom stereocenters. The van der Waals surface area contributed by atoms with Crippen molar-refractivity contribution < 1.29 is 14.3 Å². The molecule has 0 N–H and O–H groups in total. The lowest BCUT2D eigenvalue weighted by atomic mass is 10.2. The number of hydrogen-bond donors (Lipinski definition) is 0. The van der Waals surface area contributed by atoms with Crippen molar-refractivity contribution in [2.24, 2.45) is 0 Å². The number of anilines is 1. The number of nitrogens with zero attached hydrogens (tertiary/aromatic N) is 2. The fourth-order valence-electron chi connectivity index (χ4n) is 3.08. The Balaban J connectivity index is 1.59. The number of carbonyl (C=O) groups is 1. The highest BCUT2D eigenvalue weighted by Crippen LogP contribution is 2.48. The molecule has 0 unspecified atom stereocenters. The van der Waals surface area contributed by atoms with Crippen LogP contribution in [0.4, 0.5) is 5.13 Å². The summed E-state index contributed by atoms with van der Waals surface area (Å²) in [6, 6.07) is 13.8. The number of amides is 1. The van der Waals surface area contributed by atoms with Crippen LogP contribution in [0, 0.1) is 0 Å². The highest BCUT2D eigenvalue weighted by molar-refractivity contribution is 8.01. The first-order valence-electron chi connectivity index (χ1n) is 7.94. The van der Waals surface area contributed by atoms with Gasteiger partial charge in [0.25, 0.3) is 0 Å². The number of ether oxygens (including phenoxy) is 2. The third kappa shape index (κ3) is 2.38. The van der Waals surface area contributed by atoms with Gasteiger partial charge in [0.2, 0.25) is 12.7 Å². The molecule has 2 aliphatic rings. The predicted octanol–water partition coefficient (Wildman–Crippen LogP) is 4.19. The van der Waals surface area contributed by atoms with Crippen LogP contribution in [0.3, 0.4) is 0 Å². The molecule has 0 aliphatic carbocycles. The Kier molecular flexibility index (Phi) is 3.39. The lowest BCUT2D eigenvalue weighted by Crippen LogP contribution is -2.29. The first-order chi connectivity index (χ1) is 12.2. The van der Waals surface area contributed by atoms with Crippen molar-refractivity contribution in [2.45, 2.75) is 17.5 Å². The van der Waals surface area contributed by atoms with Gasteiger partial charge in [0.05, 0.1) is 15.5 Å². The van der Waals surface area contributed by atoms with Crippen LogP contribution in [0.5, 0.6) is 11.5 Å². The van der Waals surface area contributed by atoms with Crippen molar-refractivity contribution in [2.75, 3.05) is 11.7 Å². The van der Waals surface area contributed by atoms with E-state index in [1.54, 1.807) is 23.1 Å². The fraction of sp³-hybridized carbons (Fsp3) is 0.222. The van der Waals surface area contributed by atoms with Gasteiger partial charge < -0.3 is 9.47 Å². The maximum atomic E-state index is 12.8. The van der Waals surface area contributed by atoms with Crippen LogP contribution in [-0.2, 0) is 4.79 Å². The van der Waals surface area contributed by atoms with Gasteiger partial charge in [-0.05, 0) is 36.8 Å². The SMILES string of the molecule is C[C@H]1S[C@@H](c2ccc3c(c2)OCO3)N(c2nc3ccccc3s2)C1=O. The van der Waals surface area contributed by atoms with E-state index in [0.717, 1.165) is 32.4 Å². The molecule has 0 saturated carbocycles. The lowest BCUT2D eigenvalue weighted by Gasteiger charge is -2.21. The van der Waals surface area contributed by atoms with Gasteiger partial charge in [-0.15, -0.1) is 11.8 Å². The smallest absolute Gasteiger partial charge is 0.242 e. The minimum absolute atomic E-state index is 0.0896. The van der Waals surface area contributed by atoms with Crippen molar-refractivity contribution >= 4 is 44.4 Å². The third-order valence-electron chi connectivity index (χ3n) is 4.32. The van der Waals surface area contributed by atoms with Gasteiger partial charge in [0, 0.05) is 0 Å². The van der Waals surface area contributed by atoms with Gasteiger partial charge in [0.1, 0.15) is 5.37 Å². The molecule has 5 rings (SSSR count). The number of thioether (sulfide) groups is 1. The monoisotopic (exact) mass is 370 g/mol. The molecule has 0 radical (unpaired) electrons. The van der Waals surface area contributed by atoms with Gasteiger partial charge in [-0.1, -0.05) is 29.5 Å². The van der Waals surface area contributed by atoms with E-state index in [-0.39, 0.29) is 23.3 Å². The summed E-state index contributed by atoms with van der Waals surface area (Å²) in [6.07, 6.45) is 0. The molecule has 1 fully saturated rings. The summed E-state index contributed by atoms with van der Waals surface area (Å²) < 4.78 is 12.0. The van der Waals surface area contributed by atoms with Crippen molar-refractivity contribution in [1.82, 2.24) is 4.98 Å². The van der Waals surface area contributed by atoms with Crippen LogP contribution >= 0.6 is 23.1 Å². The lowest BCUT2D eigenvalue weighted by molar-refractivity contribution is -0.117.